The first-order chi connectivity index (χ1) is 12.1. The number of halogens is 2. The summed E-state index contributed by atoms with van der Waals surface area (Å²) in [5, 5.41) is 4.71. The van der Waals surface area contributed by atoms with Gasteiger partial charge in [0.2, 0.25) is 0 Å². The van der Waals surface area contributed by atoms with E-state index in [4.69, 9.17) is 9.47 Å². The Morgan fingerprint density at radius 3 is 2.72 bits per heavy atom. The second-order valence-electron chi connectivity index (χ2n) is 5.37. The zero-order valence-corrected chi connectivity index (χ0v) is 15.4. The first kappa shape index (κ1) is 17.4. The van der Waals surface area contributed by atoms with E-state index >= 15 is 0 Å². The first-order valence-corrected chi connectivity index (χ1v) is 8.79. The van der Waals surface area contributed by atoms with Gasteiger partial charge in [-0.15, -0.1) is 0 Å². The number of ether oxygens (including phenoxy) is 2. The average Bonchev–Trinajstić information content (AvgIpc) is 2.62. The van der Waals surface area contributed by atoms with Crippen LogP contribution in [0.3, 0.4) is 0 Å². The van der Waals surface area contributed by atoms with Crippen LogP contribution in [0.1, 0.15) is 5.56 Å². The average molecular weight is 406 g/mol. The number of fused-ring (bicyclic) bond motifs is 1. The third-order valence-corrected chi connectivity index (χ3v) is 4.00. The summed E-state index contributed by atoms with van der Waals surface area (Å²) in [4.78, 5) is 8.60. The van der Waals surface area contributed by atoms with E-state index in [0.717, 1.165) is 16.6 Å². The Labute approximate surface area is 153 Å². The van der Waals surface area contributed by atoms with Gasteiger partial charge in [-0.2, -0.15) is 0 Å². The van der Waals surface area contributed by atoms with Gasteiger partial charge in [-0.25, -0.2) is 14.4 Å². The molecular weight excluding hydrogens is 389 g/mol. The number of benzene rings is 2. The molecule has 0 aliphatic rings. The third kappa shape index (κ3) is 3.82. The topological polar surface area (TPSA) is 56.3 Å². The minimum absolute atomic E-state index is 0.242. The first-order valence-electron chi connectivity index (χ1n) is 7.67. The van der Waals surface area contributed by atoms with Gasteiger partial charge < -0.3 is 14.8 Å². The van der Waals surface area contributed by atoms with Gasteiger partial charge in [0.15, 0.2) is 11.5 Å². The number of rotatable bonds is 6. The normalized spacial score (nSPS) is 10.7. The highest BCUT2D eigenvalue weighted by molar-refractivity contribution is 9.09. The summed E-state index contributed by atoms with van der Waals surface area (Å²) in [5.41, 5.74) is 2.03. The molecule has 5 nitrogen and oxygen atoms in total. The van der Waals surface area contributed by atoms with Gasteiger partial charge in [-0.05, 0) is 36.8 Å². The lowest BCUT2D eigenvalue weighted by Crippen LogP contribution is -2.02. The fourth-order valence-corrected chi connectivity index (χ4v) is 2.61. The van der Waals surface area contributed by atoms with Crippen molar-refractivity contribution >= 4 is 38.3 Å². The maximum atomic E-state index is 13.5. The molecule has 1 aromatic heterocycles. The van der Waals surface area contributed by atoms with Crippen molar-refractivity contribution in [2.24, 2.45) is 0 Å². The van der Waals surface area contributed by atoms with E-state index in [0.29, 0.717) is 34.8 Å². The van der Waals surface area contributed by atoms with Crippen LogP contribution in [-0.2, 0) is 0 Å². The van der Waals surface area contributed by atoms with Gasteiger partial charge in [0.25, 0.3) is 0 Å². The van der Waals surface area contributed by atoms with Gasteiger partial charge in [0, 0.05) is 22.5 Å². The molecule has 0 aliphatic heterocycles. The molecule has 130 valence electrons. The molecule has 0 amide bonds. The third-order valence-electron chi connectivity index (χ3n) is 3.68. The highest BCUT2D eigenvalue weighted by Crippen LogP contribution is 2.34. The number of nitrogens with one attached hydrogen (secondary N) is 1. The van der Waals surface area contributed by atoms with Crippen LogP contribution < -0.4 is 14.8 Å². The number of anilines is 2. The van der Waals surface area contributed by atoms with Crippen LogP contribution >= 0.6 is 15.9 Å². The highest BCUT2D eigenvalue weighted by Gasteiger charge is 2.12. The van der Waals surface area contributed by atoms with Crippen molar-refractivity contribution in [2.75, 3.05) is 24.4 Å². The largest absolute Gasteiger partial charge is 0.493 e. The molecule has 2 aromatic carbocycles. The SMILES string of the molecule is COc1cc2ncnc(Nc3ccc(F)c(C)c3)c2cc1OCCBr. The summed E-state index contributed by atoms with van der Waals surface area (Å²) in [6.07, 6.45) is 1.47. The Kier molecular flexibility index (Phi) is 5.33. The Morgan fingerprint density at radius 1 is 1.16 bits per heavy atom. The smallest absolute Gasteiger partial charge is 0.162 e. The molecule has 3 rings (SSSR count). The van der Waals surface area contributed by atoms with Crippen LogP contribution in [0, 0.1) is 12.7 Å². The van der Waals surface area contributed by atoms with Crippen molar-refractivity contribution in [3.05, 3.63) is 48.0 Å². The van der Waals surface area contributed by atoms with Gasteiger partial charge in [-0.3, -0.25) is 0 Å². The van der Waals surface area contributed by atoms with E-state index in [-0.39, 0.29) is 5.82 Å². The number of nitrogens with zero attached hydrogens (tertiary/aromatic N) is 2. The second-order valence-corrected chi connectivity index (χ2v) is 6.16. The molecule has 0 fully saturated rings. The molecule has 1 heterocycles. The summed E-state index contributed by atoms with van der Waals surface area (Å²) in [7, 11) is 1.59. The lowest BCUT2D eigenvalue weighted by atomic mass is 10.2. The molecule has 0 saturated carbocycles. The molecule has 0 unspecified atom stereocenters. The molecule has 0 aliphatic carbocycles. The monoisotopic (exact) mass is 405 g/mol. The molecule has 7 heteroatoms. The van der Waals surface area contributed by atoms with E-state index in [1.807, 2.05) is 12.1 Å². The number of aromatic nitrogens is 2. The van der Waals surface area contributed by atoms with E-state index in [1.54, 1.807) is 26.2 Å². The van der Waals surface area contributed by atoms with Crippen LogP contribution in [-0.4, -0.2) is 29.0 Å². The maximum Gasteiger partial charge on any atom is 0.162 e. The number of aryl methyl sites for hydroxylation is 1. The lowest BCUT2D eigenvalue weighted by Gasteiger charge is -2.13. The summed E-state index contributed by atoms with van der Waals surface area (Å²) in [5.74, 6) is 1.59. The molecule has 3 aromatic rings. The Bertz CT molecular complexity index is 905. The van der Waals surface area contributed by atoms with Gasteiger partial charge in [0.05, 0.1) is 19.2 Å². The van der Waals surface area contributed by atoms with Gasteiger partial charge >= 0.3 is 0 Å². The van der Waals surface area contributed by atoms with Gasteiger partial charge in [0.1, 0.15) is 18.0 Å². The predicted molar refractivity (Wildman–Crippen MR) is 99.8 cm³/mol. The molecule has 0 spiro atoms. The highest BCUT2D eigenvalue weighted by atomic mass is 79.9. The molecule has 0 bridgehead atoms. The van der Waals surface area contributed by atoms with E-state index in [9.17, 15) is 4.39 Å². The standard InChI is InChI=1S/C18H17BrFN3O2/c1-11-7-12(3-4-14(11)20)23-18-13-8-17(25-6-5-19)16(24-2)9-15(13)21-10-22-18/h3-4,7-10H,5-6H2,1-2H3,(H,21,22,23). The second kappa shape index (κ2) is 7.65. The molecule has 1 N–H and O–H groups in total. The summed E-state index contributed by atoms with van der Waals surface area (Å²) in [6, 6.07) is 8.48. The van der Waals surface area contributed by atoms with Crippen LogP contribution in [0.5, 0.6) is 11.5 Å². The minimum atomic E-state index is -0.242. The fraction of sp³-hybridized carbons (Fsp3) is 0.222. The lowest BCUT2D eigenvalue weighted by molar-refractivity contribution is 0.315. The van der Waals surface area contributed by atoms with Crippen molar-refractivity contribution < 1.29 is 13.9 Å². The molecule has 0 saturated heterocycles. The van der Waals surface area contributed by atoms with E-state index in [1.165, 1.54) is 12.4 Å². The van der Waals surface area contributed by atoms with Crippen LogP contribution in [0.4, 0.5) is 15.9 Å². The number of hydrogen-bond acceptors (Lipinski definition) is 5. The van der Waals surface area contributed by atoms with Crippen molar-refractivity contribution in [1.29, 1.82) is 0 Å². The molecule has 0 atom stereocenters. The van der Waals surface area contributed by atoms with E-state index in [2.05, 4.69) is 31.2 Å². The summed E-state index contributed by atoms with van der Waals surface area (Å²) in [6.45, 7) is 2.23. The number of alkyl halides is 1. The van der Waals surface area contributed by atoms with Crippen LogP contribution in [0.2, 0.25) is 0 Å². The molecular formula is C18H17BrFN3O2. The van der Waals surface area contributed by atoms with E-state index < -0.39 is 0 Å². The summed E-state index contributed by atoms with van der Waals surface area (Å²) < 4.78 is 24.6. The van der Waals surface area contributed by atoms with Crippen molar-refractivity contribution in [1.82, 2.24) is 9.97 Å². The van der Waals surface area contributed by atoms with Crippen LogP contribution in [0.25, 0.3) is 10.9 Å². The number of hydrogen-bond donors (Lipinski definition) is 1. The van der Waals surface area contributed by atoms with Crippen LogP contribution in [0.15, 0.2) is 36.7 Å². The quantitative estimate of drug-likeness (QED) is 0.607. The zero-order chi connectivity index (χ0) is 17.8. The van der Waals surface area contributed by atoms with Gasteiger partial charge in [-0.1, -0.05) is 15.9 Å². The minimum Gasteiger partial charge on any atom is -0.493 e. The maximum absolute atomic E-state index is 13.5. The number of methoxy groups -OCH3 is 1. The molecule has 0 radical (unpaired) electrons. The Morgan fingerprint density at radius 2 is 2.00 bits per heavy atom. The van der Waals surface area contributed by atoms with Crippen molar-refractivity contribution in [3.63, 3.8) is 0 Å². The fourth-order valence-electron chi connectivity index (χ4n) is 2.44. The van der Waals surface area contributed by atoms with Crippen molar-refractivity contribution in [2.45, 2.75) is 6.92 Å². The van der Waals surface area contributed by atoms with Crippen molar-refractivity contribution in [3.8, 4) is 11.5 Å². The summed E-state index contributed by atoms with van der Waals surface area (Å²) >= 11 is 3.34. The zero-order valence-electron chi connectivity index (χ0n) is 13.8. The Hall–Kier alpha value is -2.41. The predicted octanol–water partition coefficient (Wildman–Crippen LogP) is 4.60. The Balaban J connectivity index is 2.03. The molecule has 25 heavy (non-hydrogen) atoms.